The molecule has 2 aromatic rings. The molecule has 4 heteroatoms. The van der Waals surface area contributed by atoms with Gasteiger partial charge in [0.05, 0.1) is 6.21 Å². The molecule has 0 unspecified atom stereocenters. The first-order valence-corrected chi connectivity index (χ1v) is 3.92. The number of fused-ring (bicyclic) bond motifs is 1. The highest BCUT2D eigenvalue weighted by Gasteiger charge is 2.01. The van der Waals surface area contributed by atoms with E-state index in [2.05, 4.69) is 15.1 Å². The van der Waals surface area contributed by atoms with E-state index in [1.54, 1.807) is 12.4 Å². The second-order valence-corrected chi connectivity index (χ2v) is 2.90. The van der Waals surface area contributed by atoms with E-state index in [0.29, 0.717) is 0 Å². The number of aryl methyl sites for hydroxylation is 1. The summed E-state index contributed by atoms with van der Waals surface area (Å²) in [4.78, 5) is 7.17. The van der Waals surface area contributed by atoms with Crippen molar-refractivity contribution >= 4 is 17.2 Å². The fourth-order valence-corrected chi connectivity index (χ4v) is 1.30. The Morgan fingerprint density at radius 1 is 1.62 bits per heavy atom. The Bertz CT molecular complexity index is 459. The highest BCUT2D eigenvalue weighted by Crippen LogP contribution is 2.15. The minimum Gasteiger partial charge on any atom is -0.411 e. The van der Waals surface area contributed by atoms with Crippen molar-refractivity contribution in [1.82, 2.24) is 9.97 Å². The van der Waals surface area contributed by atoms with Crippen molar-refractivity contribution in [1.29, 1.82) is 0 Å². The first-order chi connectivity index (χ1) is 6.31. The molecule has 0 aliphatic carbocycles. The van der Waals surface area contributed by atoms with E-state index < -0.39 is 0 Å². The van der Waals surface area contributed by atoms with Gasteiger partial charge in [-0.2, -0.15) is 0 Å². The van der Waals surface area contributed by atoms with Gasteiger partial charge in [0.1, 0.15) is 5.65 Å². The van der Waals surface area contributed by atoms with Crippen molar-refractivity contribution < 1.29 is 5.21 Å². The summed E-state index contributed by atoms with van der Waals surface area (Å²) >= 11 is 0. The number of nitrogens with one attached hydrogen (secondary N) is 1. The Balaban J connectivity index is 2.71. The highest BCUT2D eigenvalue weighted by molar-refractivity contribution is 5.97. The molecule has 0 atom stereocenters. The number of aromatic amines is 1. The van der Waals surface area contributed by atoms with E-state index in [1.807, 2.05) is 13.0 Å². The smallest absolute Gasteiger partial charge is 0.137 e. The molecule has 0 aromatic carbocycles. The minimum atomic E-state index is 0.806. The summed E-state index contributed by atoms with van der Waals surface area (Å²) in [5, 5.41) is 12.4. The van der Waals surface area contributed by atoms with Crippen LogP contribution in [-0.2, 0) is 0 Å². The van der Waals surface area contributed by atoms with Gasteiger partial charge in [-0.1, -0.05) is 5.16 Å². The van der Waals surface area contributed by atoms with Gasteiger partial charge < -0.3 is 10.2 Å². The topological polar surface area (TPSA) is 61.3 Å². The van der Waals surface area contributed by atoms with Crippen molar-refractivity contribution in [2.75, 3.05) is 0 Å². The molecule has 2 aromatic heterocycles. The average molecular weight is 175 g/mol. The van der Waals surface area contributed by atoms with Gasteiger partial charge in [0.25, 0.3) is 0 Å². The number of rotatable bonds is 1. The molecular formula is C9H9N3O. The third-order valence-electron chi connectivity index (χ3n) is 1.90. The van der Waals surface area contributed by atoms with Crippen LogP contribution in [0.2, 0.25) is 0 Å². The van der Waals surface area contributed by atoms with Crippen LogP contribution in [0.1, 0.15) is 11.1 Å². The zero-order valence-electron chi connectivity index (χ0n) is 7.15. The fourth-order valence-electron chi connectivity index (χ4n) is 1.30. The maximum atomic E-state index is 8.40. The van der Waals surface area contributed by atoms with Gasteiger partial charge in [-0.3, -0.25) is 0 Å². The number of H-pyrrole nitrogens is 1. The highest BCUT2D eigenvalue weighted by atomic mass is 16.4. The quantitative estimate of drug-likeness (QED) is 0.393. The molecule has 0 radical (unpaired) electrons. The summed E-state index contributed by atoms with van der Waals surface area (Å²) in [5.41, 5.74) is 2.73. The maximum Gasteiger partial charge on any atom is 0.137 e. The molecule has 0 saturated heterocycles. The Labute approximate surface area is 74.9 Å². The Morgan fingerprint density at radius 3 is 3.23 bits per heavy atom. The Kier molecular flexibility index (Phi) is 1.73. The molecule has 0 spiro atoms. The van der Waals surface area contributed by atoms with Crippen LogP contribution in [0.3, 0.4) is 0 Å². The van der Waals surface area contributed by atoms with Crippen molar-refractivity contribution in [3.05, 3.63) is 29.6 Å². The van der Waals surface area contributed by atoms with E-state index in [4.69, 9.17) is 5.21 Å². The second-order valence-electron chi connectivity index (χ2n) is 2.90. The van der Waals surface area contributed by atoms with Crippen molar-refractivity contribution in [2.45, 2.75) is 6.92 Å². The molecule has 0 saturated carbocycles. The number of oxime groups is 1. The number of nitrogens with zero attached hydrogens (tertiary/aromatic N) is 2. The first-order valence-electron chi connectivity index (χ1n) is 3.92. The Hall–Kier alpha value is -1.84. The van der Waals surface area contributed by atoms with E-state index in [-0.39, 0.29) is 0 Å². The standard InChI is InChI=1S/C9H9N3O/c1-6-2-8-7(5-12-13)4-11-9(8)10-3-6/h2-5,13H,1H3,(H,10,11)/b12-5-. The summed E-state index contributed by atoms with van der Waals surface area (Å²) in [5.74, 6) is 0. The molecule has 0 aliphatic heterocycles. The third kappa shape index (κ3) is 1.26. The lowest BCUT2D eigenvalue weighted by molar-refractivity contribution is 0.322. The van der Waals surface area contributed by atoms with E-state index >= 15 is 0 Å². The van der Waals surface area contributed by atoms with Gasteiger partial charge >= 0.3 is 0 Å². The largest absolute Gasteiger partial charge is 0.411 e. The first kappa shape index (κ1) is 7.79. The molecule has 2 N–H and O–H groups in total. The molecule has 0 bridgehead atoms. The van der Waals surface area contributed by atoms with Crippen molar-refractivity contribution in [3.8, 4) is 0 Å². The average Bonchev–Trinajstić information content (AvgIpc) is 2.49. The van der Waals surface area contributed by atoms with Crippen LogP contribution in [0, 0.1) is 6.92 Å². The predicted molar refractivity (Wildman–Crippen MR) is 50.2 cm³/mol. The lowest BCUT2D eigenvalue weighted by atomic mass is 10.2. The molecule has 4 nitrogen and oxygen atoms in total. The molecule has 2 heterocycles. The lowest BCUT2D eigenvalue weighted by Gasteiger charge is -1.92. The number of pyridine rings is 1. The summed E-state index contributed by atoms with van der Waals surface area (Å²) in [6, 6.07) is 2.00. The molecule has 2 rings (SSSR count). The molecule has 13 heavy (non-hydrogen) atoms. The van der Waals surface area contributed by atoms with Gasteiger partial charge in [0.2, 0.25) is 0 Å². The van der Waals surface area contributed by atoms with Gasteiger partial charge in [0, 0.05) is 23.3 Å². The summed E-state index contributed by atoms with van der Waals surface area (Å²) < 4.78 is 0. The zero-order chi connectivity index (χ0) is 9.26. The normalized spacial score (nSPS) is 11.5. The summed E-state index contributed by atoms with van der Waals surface area (Å²) in [7, 11) is 0. The van der Waals surface area contributed by atoms with Crippen LogP contribution in [-0.4, -0.2) is 21.4 Å². The third-order valence-corrected chi connectivity index (χ3v) is 1.90. The van der Waals surface area contributed by atoms with Crippen LogP contribution >= 0.6 is 0 Å². The van der Waals surface area contributed by atoms with E-state index in [9.17, 15) is 0 Å². The van der Waals surface area contributed by atoms with Gasteiger partial charge in [-0.25, -0.2) is 4.98 Å². The van der Waals surface area contributed by atoms with Gasteiger partial charge in [-0.05, 0) is 18.6 Å². The molecule has 0 fully saturated rings. The van der Waals surface area contributed by atoms with Crippen molar-refractivity contribution in [3.63, 3.8) is 0 Å². The minimum absolute atomic E-state index is 0.806. The van der Waals surface area contributed by atoms with Crippen LogP contribution in [0.5, 0.6) is 0 Å². The SMILES string of the molecule is Cc1cnc2[nH]cc(/C=N\O)c2c1. The number of hydrogen-bond acceptors (Lipinski definition) is 3. The van der Waals surface area contributed by atoms with Crippen LogP contribution in [0.4, 0.5) is 0 Å². The fraction of sp³-hybridized carbons (Fsp3) is 0.111. The van der Waals surface area contributed by atoms with Crippen molar-refractivity contribution in [2.24, 2.45) is 5.16 Å². The molecule has 0 amide bonds. The predicted octanol–water partition coefficient (Wildman–Crippen LogP) is 1.68. The molecular weight excluding hydrogens is 166 g/mol. The van der Waals surface area contributed by atoms with Crippen LogP contribution < -0.4 is 0 Å². The lowest BCUT2D eigenvalue weighted by Crippen LogP contribution is -1.81. The maximum absolute atomic E-state index is 8.40. The van der Waals surface area contributed by atoms with E-state index in [0.717, 1.165) is 22.2 Å². The summed E-state index contributed by atoms with van der Waals surface area (Å²) in [6.07, 6.45) is 4.94. The molecule has 66 valence electrons. The van der Waals surface area contributed by atoms with E-state index in [1.165, 1.54) is 6.21 Å². The van der Waals surface area contributed by atoms with Crippen LogP contribution in [0.15, 0.2) is 23.6 Å². The number of aromatic nitrogens is 2. The monoisotopic (exact) mass is 175 g/mol. The Morgan fingerprint density at radius 2 is 2.46 bits per heavy atom. The number of hydrogen-bond donors (Lipinski definition) is 2. The second kappa shape index (κ2) is 2.90. The summed E-state index contributed by atoms with van der Waals surface area (Å²) in [6.45, 7) is 1.97. The van der Waals surface area contributed by atoms with Gasteiger partial charge in [0.15, 0.2) is 0 Å². The van der Waals surface area contributed by atoms with Crippen LogP contribution in [0.25, 0.3) is 11.0 Å². The zero-order valence-corrected chi connectivity index (χ0v) is 7.15. The van der Waals surface area contributed by atoms with Gasteiger partial charge in [-0.15, -0.1) is 0 Å². The molecule has 0 aliphatic rings.